The highest BCUT2D eigenvalue weighted by atomic mass is 32.1. The molecule has 1 aromatic heterocycles. The van der Waals surface area contributed by atoms with E-state index in [-0.39, 0.29) is 0 Å². The van der Waals surface area contributed by atoms with Crippen LogP contribution in [-0.4, -0.2) is 65.6 Å². The molecule has 6 heteroatoms. The number of piperazine rings is 1. The molecular formula is C15H25N3O2S. The lowest BCUT2D eigenvalue weighted by atomic mass is 10.1. The van der Waals surface area contributed by atoms with E-state index in [1.54, 1.807) is 0 Å². The number of likely N-dealkylation sites (N-methyl/N-ethyl adjacent to an activating group) is 1. The smallest absolute Gasteiger partial charge is 0.347 e. The Hall–Kier alpha value is -0.980. The van der Waals surface area contributed by atoms with Gasteiger partial charge in [0.2, 0.25) is 0 Å². The summed E-state index contributed by atoms with van der Waals surface area (Å²) in [5.41, 5.74) is 0.760. The molecule has 0 unspecified atom stereocenters. The number of rotatable bonds is 6. The number of aromatic nitrogens is 1. The van der Waals surface area contributed by atoms with E-state index in [1.807, 2.05) is 0 Å². The number of nitrogens with zero attached hydrogens (tertiary/aromatic N) is 3. The Bertz CT molecular complexity index is 479. The molecule has 2 rings (SSSR count). The first-order valence-electron chi connectivity index (χ1n) is 7.58. The van der Waals surface area contributed by atoms with E-state index in [2.05, 4.69) is 35.7 Å². The zero-order chi connectivity index (χ0) is 15.4. The van der Waals surface area contributed by atoms with Gasteiger partial charge in [0, 0.05) is 39.1 Å². The van der Waals surface area contributed by atoms with Gasteiger partial charge in [-0.15, -0.1) is 11.3 Å². The molecule has 1 aromatic rings. The highest BCUT2D eigenvalue weighted by Crippen LogP contribution is 2.22. The maximum absolute atomic E-state index is 11.3. The van der Waals surface area contributed by atoms with Gasteiger partial charge in [0.1, 0.15) is 4.88 Å². The summed E-state index contributed by atoms with van der Waals surface area (Å²) in [6.45, 7) is 9.55. The van der Waals surface area contributed by atoms with Gasteiger partial charge in [-0.05, 0) is 19.4 Å². The number of hydrogen-bond donors (Lipinski definition) is 1. The predicted octanol–water partition coefficient (Wildman–Crippen LogP) is 1.83. The van der Waals surface area contributed by atoms with E-state index in [1.165, 1.54) is 11.3 Å². The highest BCUT2D eigenvalue weighted by Gasteiger charge is 2.19. The van der Waals surface area contributed by atoms with Crippen molar-refractivity contribution < 1.29 is 9.90 Å². The second-order valence-electron chi connectivity index (χ2n) is 6.18. The summed E-state index contributed by atoms with van der Waals surface area (Å²) in [5.74, 6) is -0.412. The summed E-state index contributed by atoms with van der Waals surface area (Å²) >= 11 is 1.35. The number of aromatic carboxylic acids is 1. The van der Waals surface area contributed by atoms with Crippen LogP contribution in [0, 0.1) is 5.92 Å². The molecule has 1 aliphatic heterocycles. The van der Waals surface area contributed by atoms with Gasteiger partial charge in [0.05, 0.1) is 10.7 Å². The predicted molar refractivity (Wildman–Crippen MR) is 85.3 cm³/mol. The molecule has 0 atom stereocenters. The van der Waals surface area contributed by atoms with Crippen LogP contribution in [0.3, 0.4) is 0 Å². The summed E-state index contributed by atoms with van der Waals surface area (Å²) in [7, 11) is 2.15. The van der Waals surface area contributed by atoms with Crippen molar-refractivity contribution in [1.82, 2.24) is 14.8 Å². The van der Waals surface area contributed by atoms with Gasteiger partial charge >= 0.3 is 5.97 Å². The lowest BCUT2D eigenvalue weighted by molar-refractivity contribution is 0.0700. The quantitative estimate of drug-likeness (QED) is 0.868. The third-order valence-electron chi connectivity index (χ3n) is 3.78. The second-order valence-corrected chi connectivity index (χ2v) is 7.27. The van der Waals surface area contributed by atoms with Crippen molar-refractivity contribution in [1.29, 1.82) is 0 Å². The first kappa shape index (κ1) is 16.4. The fourth-order valence-corrected chi connectivity index (χ4v) is 3.44. The first-order valence-corrected chi connectivity index (χ1v) is 8.40. The van der Waals surface area contributed by atoms with Gasteiger partial charge in [-0.1, -0.05) is 13.8 Å². The average Bonchev–Trinajstić information content (AvgIpc) is 2.80. The van der Waals surface area contributed by atoms with Crippen LogP contribution in [0.4, 0.5) is 0 Å². The average molecular weight is 311 g/mol. The zero-order valence-electron chi connectivity index (χ0n) is 13.1. The lowest BCUT2D eigenvalue weighted by Gasteiger charge is -2.32. The summed E-state index contributed by atoms with van der Waals surface area (Å²) in [5, 5.41) is 10.3. The summed E-state index contributed by atoms with van der Waals surface area (Å²) < 4.78 is 0. The van der Waals surface area contributed by atoms with Crippen molar-refractivity contribution in [3.8, 4) is 0 Å². The van der Waals surface area contributed by atoms with E-state index in [4.69, 9.17) is 0 Å². The topological polar surface area (TPSA) is 56.7 Å². The van der Waals surface area contributed by atoms with E-state index in [9.17, 15) is 9.90 Å². The van der Waals surface area contributed by atoms with Crippen LogP contribution in [0.15, 0.2) is 0 Å². The van der Waals surface area contributed by atoms with Crippen molar-refractivity contribution in [2.75, 3.05) is 39.8 Å². The molecule has 0 aromatic carbocycles. The van der Waals surface area contributed by atoms with Crippen molar-refractivity contribution >= 4 is 17.3 Å². The van der Waals surface area contributed by atoms with Crippen LogP contribution >= 0.6 is 11.3 Å². The van der Waals surface area contributed by atoms with Crippen molar-refractivity contribution in [3.05, 3.63) is 15.6 Å². The number of carboxylic acids is 1. The fourth-order valence-electron chi connectivity index (χ4n) is 2.53. The van der Waals surface area contributed by atoms with Crippen LogP contribution in [0.5, 0.6) is 0 Å². The number of hydrogen-bond acceptors (Lipinski definition) is 5. The summed E-state index contributed by atoms with van der Waals surface area (Å²) in [4.78, 5) is 21.1. The molecule has 1 fully saturated rings. The van der Waals surface area contributed by atoms with Gasteiger partial charge in [-0.3, -0.25) is 0 Å². The monoisotopic (exact) mass is 311 g/mol. The number of carboxylic acid groups (broad SMARTS) is 1. The molecule has 0 amide bonds. The maximum Gasteiger partial charge on any atom is 0.347 e. The van der Waals surface area contributed by atoms with Crippen LogP contribution in [-0.2, 0) is 12.8 Å². The minimum atomic E-state index is -0.839. The van der Waals surface area contributed by atoms with E-state index in [0.29, 0.717) is 10.8 Å². The molecule has 118 valence electrons. The number of thiazole rings is 1. The normalized spacial score (nSPS) is 17.5. The number of carbonyl (C=O) groups is 1. The van der Waals surface area contributed by atoms with E-state index in [0.717, 1.165) is 56.3 Å². The van der Waals surface area contributed by atoms with Crippen LogP contribution in [0.1, 0.15) is 34.2 Å². The molecular weight excluding hydrogens is 286 g/mol. The summed E-state index contributed by atoms with van der Waals surface area (Å²) in [6, 6.07) is 0. The fraction of sp³-hybridized carbons (Fsp3) is 0.733. The Labute approximate surface area is 130 Å². The summed E-state index contributed by atoms with van der Waals surface area (Å²) in [6.07, 6.45) is 1.60. The first-order chi connectivity index (χ1) is 9.95. The SMILES string of the molecule is CC(C)Cc1nc(CCN2CCN(C)CC2)sc1C(=O)O. The lowest BCUT2D eigenvalue weighted by Crippen LogP contribution is -2.45. The molecule has 0 aliphatic carbocycles. The van der Waals surface area contributed by atoms with Crippen molar-refractivity contribution in [2.45, 2.75) is 26.7 Å². The minimum Gasteiger partial charge on any atom is -0.477 e. The molecule has 0 bridgehead atoms. The third-order valence-corrected chi connectivity index (χ3v) is 4.92. The van der Waals surface area contributed by atoms with Crippen molar-refractivity contribution in [2.24, 2.45) is 5.92 Å². The zero-order valence-corrected chi connectivity index (χ0v) is 13.9. The van der Waals surface area contributed by atoms with Gasteiger partial charge < -0.3 is 14.9 Å². The van der Waals surface area contributed by atoms with Gasteiger partial charge in [0.15, 0.2) is 0 Å². The Morgan fingerprint density at radius 3 is 2.57 bits per heavy atom. The third kappa shape index (κ3) is 4.76. The Morgan fingerprint density at radius 1 is 1.33 bits per heavy atom. The molecule has 0 spiro atoms. The molecule has 1 saturated heterocycles. The van der Waals surface area contributed by atoms with Crippen LogP contribution in [0.2, 0.25) is 0 Å². The second kappa shape index (κ2) is 7.33. The molecule has 1 aliphatic rings. The maximum atomic E-state index is 11.3. The largest absolute Gasteiger partial charge is 0.477 e. The van der Waals surface area contributed by atoms with E-state index >= 15 is 0 Å². The molecule has 2 heterocycles. The van der Waals surface area contributed by atoms with Gasteiger partial charge in [0.25, 0.3) is 0 Å². The minimum absolute atomic E-state index is 0.427. The van der Waals surface area contributed by atoms with E-state index < -0.39 is 5.97 Å². The van der Waals surface area contributed by atoms with Crippen LogP contribution < -0.4 is 0 Å². The Morgan fingerprint density at radius 2 is 2.00 bits per heavy atom. The highest BCUT2D eigenvalue weighted by molar-refractivity contribution is 7.13. The van der Waals surface area contributed by atoms with Crippen LogP contribution in [0.25, 0.3) is 0 Å². The Kier molecular flexibility index (Phi) is 5.72. The van der Waals surface area contributed by atoms with Gasteiger partial charge in [-0.2, -0.15) is 0 Å². The molecule has 21 heavy (non-hydrogen) atoms. The molecule has 0 saturated carbocycles. The van der Waals surface area contributed by atoms with Gasteiger partial charge in [-0.25, -0.2) is 9.78 Å². The molecule has 5 nitrogen and oxygen atoms in total. The molecule has 0 radical (unpaired) electrons. The molecule has 1 N–H and O–H groups in total. The standard InChI is InChI=1S/C15H25N3O2S/c1-11(2)10-12-14(15(19)20)21-13(16-12)4-5-18-8-6-17(3)7-9-18/h11H,4-10H2,1-3H3,(H,19,20). The van der Waals surface area contributed by atoms with Crippen molar-refractivity contribution in [3.63, 3.8) is 0 Å². The Balaban J connectivity index is 1.95.